The topological polar surface area (TPSA) is 50.7 Å². The first kappa shape index (κ1) is 13.1. The Balaban J connectivity index is 2.24. The van der Waals surface area contributed by atoms with E-state index in [2.05, 4.69) is 40.4 Å². The van der Waals surface area contributed by atoms with Crippen molar-refractivity contribution in [3.8, 4) is 10.6 Å². The van der Waals surface area contributed by atoms with Crippen LogP contribution in [0.4, 0.5) is 0 Å². The lowest BCUT2D eigenvalue weighted by Crippen LogP contribution is -2.19. The van der Waals surface area contributed by atoms with Crippen molar-refractivity contribution in [2.24, 2.45) is 0 Å². The predicted molar refractivity (Wildman–Crippen MR) is 74.6 cm³/mol. The maximum atomic E-state index is 4.29. The molecule has 96 valence electrons. The van der Waals surface area contributed by atoms with E-state index >= 15 is 0 Å². The summed E-state index contributed by atoms with van der Waals surface area (Å²) in [5, 5.41) is 14.0. The van der Waals surface area contributed by atoms with Crippen LogP contribution in [0, 0.1) is 6.92 Å². The molecule has 0 aliphatic rings. The van der Waals surface area contributed by atoms with Gasteiger partial charge in [0.05, 0.1) is 6.04 Å². The Kier molecular flexibility index (Phi) is 4.38. The summed E-state index contributed by atoms with van der Waals surface area (Å²) in [6.45, 7) is 7.24. The molecular weight excluding hydrogens is 244 g/mol. The van der Waals surface area contributed by atoms with Crippen molar-refractivity contribution in [3.63, 3.8) is 0 Å². The summed E-state index contributed by atoms with van der Waals surface area (Å²) in [7, 11) is 0. The van der Waals surface area contributed by atoms with Crippen molar-refractivity contribution in [2.75, 3.05) is 6.54 Å². The molecule has 18 heavy (non-hydrogen) atoms. The zero-order valence-electron chi connectivity index (χ0n) is 11.0. The first-order valence-electron chi connectivity index (χ1n) is 6.23. The zero-order chi connectivity index (χ0) is 13.0. The molecule has 5 heteroatoms. The monoisotopic (exact) mass is 262 g/mol. The third-order valence-corrected chi connectivity index (χ3v) is 3.81. The number of hydrogen-bond donors (Lipinski definition) is 1. The summed E-state index contributed by atoms with van der Waals surface area (Å²) >= 11 is 1.64. The van der Waals surface area contributed by atoms with Gasteiger partial charge < -0.3 is 5.32 Å². The molecule has 1 unspecified atom stereocenters. The molecule has 2 heterocycles. The normalized spacial score (nSPS) is 12.6. The van der Waals surface area contributed by atoms with Gasteiger partial charge in [0.1, 0.15) is 10.0 Å². The van der Waals surface area contributed by atoms with Crippen LogP contribution in [-0.4, -0.2) is 21.7 Å². The Labute approximate surface area is 111 Å². The number of nitrogens with zero attached hydrogens (tertiary/aromatic N) is 3. The molecule has 2 aromatic heterocycles. The van der Waals surface area contributed by atoms with Gasteiger partial charge >= 0.3 is 0 Å². The maximum absolute atomic E-state index is 4.29. The van der Waals surface area contributed by atoms with Crippen molar-refractivity contribution in [1.29, 1.82) is 0 Å². The summed E-state index contributed by atoms with van der Waals surface area (Å²) in [5.41, 5.74) is 2.19. The Hall–Kier alpha value is -1.33. The highest BCUT2D eigenvalue weighted by Gasteiger charge is 2.14. The first-order chi connectivity index (χ1) is 8.74. The van der Waals surface area contributed by atoms with Crippen LogP contribution in [0.1, 0.15) is 36.9 Å². The molecule has 0 radical (unpaired) electrons. The summed E-state index contributed by atoms with van der Waals surface area (Å²) in [4.78, 5) is 4.19. The van der Waals surface area contributed by atoms with E-state index in [1.165, 1.54) is 0 Å². The Morgan fingerprint density at radius 1 is 1.28 bits per heavy atom. The van der Waals surface area contributed by atoms with Crippen LogP contribution in [-0.2, 0) is 0 Å². The smallest absolute Gasteiger partial charge is 0.149 e. The van der Waals surface area contributed by atoms with Crippen LogP contribution >= 0.6 is 11.3 Å². The number of nitrogens with one attached hydrogen (secondary N) is 1. The fraction of sp³-hybridized carbons (Fsp3) is 0.462. The number of rotatable bonds is 5. The van der Waals surface area contributed by atoms with E-state index in [9.17, 15) is 0 Å². The molecule has 0 amide bonds. The van der Waals surface area contributed by atoms with Crippen molar-refractivity contribution >= 4 is 11.3 Å². The number of aromatic nitrogens is 3. The highest BCUT2D eigenvalue weighted by atomic mass is 32.1. The second-order valence-electron chi connectivity index (χ2n) is 4.21. The van der Waals surface area contributed by atoms with E-state index in [0.717, 1.165) is 34.1 Å². The van der Waals surface area contributed by atoms with Gasteiger partial charge in [-0.3, -0.25) is 4.98 Å². The molecular formula is C13H18N4S. The first-order valence-corrected chi connectivity index (χ1v) is 7.05. The predicted octanol–water partition coefficient (Wildman–Crippen LogP) is 2.97. The Morgan fingerprint density at radius 2 is 2.11 bits per heavy atom. The van der Waals surface area contributed by atoms with E-state index < -0.39 is 0 Å². The number of pyridine rings is 1. The minimum absolute atomic E-state index is 0.305. The quantitative estimate of drug-likeness (QED) is 0.900. The molecule has 2 rings (SSSR count). The van der Waals surface area contributed by atoms with Gasteiger partial charge in [-0.25, -0.2) is 0 Å². The van der Waals surface area contributed by atoms with Crippen molar-refractivity contribution in [3.05, 3.63) is 29.0 Å². The van der Waals surface area contributed by atoms with Gasteiger partial charge in [-0.15, -0.1) is 10.2 Å². The highest BCUT2D eigenvalue weighted by Crippen LogP contribution is 2.27. The third kappa shape index (κ3) is 2.91. The summed E-state index contributed by atoms with van der Waals surface area (Å²) in [6, 6.07) is 2.39. The second-order valence-corrected chi connectivity index (χ2v) is 5.22. The molecule has 0 spiro atoms. The molecule has 0 aliphatic carbocycles. The largest absolute Gasteiger partial charge is 0.308 e. The van der Waals surface area contributed by atoms with E-state index in [4.69, 9.17) is 0 Å². The summed E-state index contributed by atoms with van der Waals surface area (Å²) < 4.78 is 0. The molecule has 0 saturated carbocycles. The van der Waals surface area contributed by atoms with E-state index in [1.807, 2.05) is 19.3 Å². The number of aryl methyl sites for hydroxylation is 1. The van der Waals surface area contributed by atoms with E-state index in [1.54, 1.807) is 11.3 Å². The minimum atomic E-state index is 0.305. The van der Waals surface area contributed by atoms with Crippen molar-refractivity contribution in [2.45, 2.75) is 33.2 Å². The van der Waals surface area contributed by atoms with Gasteiger partial charge in [0.25, 0.3) is 0 Å². The molecule has 4 nitrogen and oxygen atoms in total. The summed E-state index contributed by atoms with van der Waals surface area (Å²) in [5.74, 6) is 0. The van der Waals surface area contributed by atoms with Gasteiger partial charge in [-0.1, -0.05) is 25.2 Å². The lowest BCUT2D eigenvalue weighted by molar-refractivity contribution is 0.531. The Morgan fingerprint density at radius 3 is 2.78 bits per heavy atom. The van der Waals surface area contributed by atoms with Gasteiger partial charge in [-0.05, 0) is 31.5 Å². The molecule has 0 aliphatic heterocycles. The average molecular weight is 262 g/mol. The van der Waals surface area contributed by atoms with Crippen molar-refractivity contribution in [1.82, 2.24) is 20.5 Å². The van der Waals surface area contributed by atoms with Crippen LogP contribution in [0.3, 0.4) is 0 Å². The zero-order valence-corrected chi connectivity index (χ0v) is 11.8. The molecule has 1 N–H and O–H groups in total. The molecule has 0 fully saturated rings. The van der Waals surface area contributed by atoms with Gasteiger partial charge in [0, 0.05) is 18.0 Å². The Bertz CT molecular complexity index is 509. The van der Waals surface area contributed by atoms with Crippen LogP contribution in [0.2, 0.25) is 0 Å². The SMILES string of the molecule is CCNC(CC)c1nnc(-c2cncc(C)c2)s1. The van der Waals surface area contributed by atoms with Crippen LogP contribution < -0.4 is 5.32 Å². The molecule has 0 saturated heterocycles. The molecule has 0 bridgehead atoms. The fourth-order valence-corrected chi connectivity index (χ4v) is 2.80. The summed E-state index contributed by atoms with van der Waals surface area (Å²) in [6.07, 6.45) is 4.71. The highest BCUT2D eigenvalue weighted by molar-refractivity contribution is 7.14. The van der Waals surface area contributed by atoms with Crippen LogP contribution in [0.5, 0.6) is 0 Å². The van der Waals surface area contributed by atoms with Crippen LogP contribution in [0.25, 0.3) is 10.6 Å². The van der Waals surface area contributed by atoms with Gasteiger partial charge in [0.15, 0.2) is 0 Å². The van der Waals surface area contributed by atoms with Gasteiger partial charge in [-0.2, -0.15) is 0 Å². The van der Waals surface area contributed by atoms with Crippen LogP contribution in [0.15, 0.2) is 18.5 Å². The van der Waals surface area contributed by atoms with Crippen molar-refractivity contribution < 1.29 is 0 Å². The molecule has 2 aromatic rings. The maximum Gasteiger partial charge on any atom is 0.149 e. The average Bonchev–Trinajstić information content (AvgIpc) is 2.85. The second kappa shape index (κ2) is 6.02. The fourth-order valence-electron chi connectivity index (χ4n) is 1.82. The lowest BCUT2D eigenvalue weighted by atomic mass is 10.2. The lowest BCUT2D eigenvalue weighted by Gasteiger charge is -2.10. The molecule has 0 aromatic carbocycles. The number of hydrogen-bond acceptors (Lipinski definition) is 5. The third-order valence-electron chi connectivity index (χ3n) is 2.72. The minimum Gasteiger partial charge on any atom is -0.308 e. The van der Waals surface area contributed by atoms with E-state index in [0.29, 0.717) is 6.04 Å². The molecule has 1 atom stereocenters. The van der Waals surface area contributed by atoms with E-state index in [-0.39, 0.29) is 0 Å². The van der Waals surface area contributed by atoms with Gasteiger partial charge in [0.2, 0.25) is 0 Å². The standard InChI is InChI=1S/C13H18N4S/c1-4-11(15-5-2)13-17-16-12(18-13)10-6-9(3)7-14-8-10/h6-8,11,15H,4-5H2,1-3H3.